The van der Waals surface area contributed by atoms with Gasteiger partial charge in [-0.15, -0.1) is 0 Å². The average Bonchev–Trinajstić information content (AvgIpc) is 2.71. The molecule has 166 valence electrons. The van der Waals surface area contributed by atoms with Gasteiger partial charge in [-0.1, -0.05) is 73.5 Å². The second-order valence-electron chi connectivity index (χ2n) is 8.77. The highest BCUT2D eigenvalue weighted by atomic mass is 16.4. The second-order valence-corrected chi connectivity index (χ2v) is 8.77. The van der Waals surface area contributed by atoms with E-state index in [9.17, 15) is 9.90 Å². The number of nitrogens with two attached hydrogens (primary N) is 1. The molecule has 1 saturated carbocycles. The van der Waals surface area contributed by atoms with Crippen molar-refractivity contribution in [2.75, 3.05) is 0 Å². The molecular weight excluding hydrogens is 391 g/mol. The molecule has 0 saturated heterocycles. The molecule has 2 aromatic rings. The van der Waals surface area contributed by atoms with Gasteiger partial charge in [0.25, 0.3) is 0 Å². The summed E-state index contributed by atoms with van der Waals surface area (Å²) in [4.78, 5) is 14.4. The Morgan fingerprint density at radius 2 is 1.48 bits per heavy atom. The number of carboxylic acids is 1. The van der Waals surface area contributed by atoms with Crippen LogP contribution in [-0.2, 0) is 17.9 Å². The largest absolute Gasteiger partial charge is 0.480 e. The van der Waals surface area contributed by atoms with Gasteiger partial charge in [0.05, 0.1) is 0 Å². The van der Waals surface area contributed by atoms with Crippen LogP contribution in [0.4, 0.5) is 0 Å². The Hall–Kier alpha value is -2.19. The first-order valence-corrected chi connectivity index (χ1v) is 11.1. The van der Waals surface area contributed by atoms with Crippen LogP contribution < -0.4 is 5.73 Å². The van der Waals surface area contributed by atoms with Crippen LogP contribution in [0.25, 0.3) is 0 Å². The zero-order chi connectivity index (χ0) is 22.3. The molecule has 1 fully saturated rings. The number of carbonyl (C=O) groups is 1. The summed E-state index contributed by atoms with van der Waals surface area (Å²) >= 11 is 0. The lowest BCUT2D eigenvalue weighted by atomic mass is 9.65. The Morgan fingerprint density at radius 3 is 1.94 bits per heavy atom. The maximum atomic E-state index is 12.0. The normalized spacial score (nSPS) is 20.1. The van der Waals surface area contributed by atoms with E-state index in [1.54, 1.807) is 0 Å². The highest BCUT2D eigenvalue weighted by Gasteiger charge is 2.49. The summed E-state index contributed by atoms with van der Waals surface area (Å²) in [6, 6.07) is 20.9. The lowest BCUT2D eigenvalue weighted by molar-refractivity contribution is -0.149. The molecule has 0 bridgehead atoms. The number of aliphatic carboxylic acids is 1. The van der Waals surface area contributed by atoms with Crippen molar-refractivity contribution < 1.29 is 19.9 Å². The molecule has 0 aliphatic heterocycles. The van der Waals surface area contributed by atoms with Gasteiger partial charge in [-0.3, -0.25) is 9.69 Å². The average molecular weight is 424 g/mol. The van der Waals surface area contributed by atoms with Crippen LogP contribution in [0.3, 0.4) is 0 Å². The number of rotatable bonds is 12. The Balaban J connectivity index is 1.64. The van der Waals surface area contributed by atoms with Crippen LogP contribution in [0.2, 0.25) is 6.32 Å². The van der Waals surface area contributed by atoms with Gasteiger partial charge < -0.3 is 20.9 Å². The summed E-state index contributed by atoms with van der Waals surface area (Å²) in [7, 11) is -1.35. The van der Waals surface area contributed by atoms with E-state index in [0.717, 1.165) is 25.9 Å². The van der Waals surface area contributed by atoms with Crippen molar-refractivity contribution in [1.29, 1.82) is 0 Å². The van der Waals surface area contributed by atoms with Crippen molar-refractivity contribution in [1.82, 2.24) is 4.90 Å². The Kier molecular flexibility index (Phi) is 8.26. The van der Waals surface area contributed by atoms with Gasteiger partial charge in [0.2, 0.25) is 0 Å². The van der Waals surface area contributed by atoms with E-state index >= 15 is 0 Å². The molecule has 6 nitrogen and oxygen atoms in total. The van der Waals surface area contributed by atoms with Crippen LogP contribution in [0.1, 0.15) is 43.2 Å². The van der Waals surface area contributed by atoms with Crippen molar-refractivity contribution in [3.05, 3.63) is 71.8 Å². The lowest BCUT2D eigenvalue weighted by Gasteiger charge is -2.49. The van der Waals surface area contributed by atoms with Crippen LogP contribution in [0.15, 0.2) is 60.7 Å². The summed E-state index contributed by atoms with van der Waals surface area (Å²) in [5.74, 6) is -1.04. The molecule has 1 atom stereocenters. The first-order valence-electron chi connectivity index (χ1n) is 11.1. The molecule has 31 heavy (non-hydrogen) atoms. The fourth-order valence-corrected chi connectivity index (χ4v) is 4.49. The van der Waals surface area contributed by atoms with Gasteiger partial charge in [-0.25, -0.2) is 0 Å². The minimum absolute atomic E-state index is 0.0805. The van der Waals surface area contributed by atoms with Crippen molar-refractivity contribution in [2.24, 2.45) is 11.7 Å². The quantitative estimate of drug-likeness (QED) is 0.308. The Morgan fingerprint density at radius 1 is 0.968 bits per heavy atom. The molecule has 0 heterocycles. The van der Waals surface area contributed by atoms with E-state index in [1.165, 1.54) is 11.1 Å². The van der Waals surface area contributed by atoms with Gasteiger partial charge in [-0.05, 0) is 42.6 Å². The number of carboxylic acid groups (broad SMARTS) is 1. The maximum absolute atomic E-state index is 12.0. The second kappa shape index (κ2) is 10.9. The Labute approximate surface area is 184 Å². The molecule has 5 N–H and O–H groups in total. The van der Waals surface area contributed by atoms with Crippen molar-refractivity contribution >= 4 is 13.1 Å². The van der Waals surface area contributed by atoms with E-state index in [0.29, 0.717) is 19.3 Å². The minimum atomic E-state index is -1.35. The Bertz CT molecular complexity index is 773. The van der Waals surface area contributed by atoms with Gasteiger partial charge in [0.15, 0.2) is 0 Å². The zero-order valence-electron chi connectivity index (χ0n) is 17.9. The summed E-state index contributed by atoms with van der Waals surface area (Å²) in [6.07, 6.45) is 3.22. The van der Waals surface area contributed by atoms with Crippen molar-refractivity contribution in [3.63, 3.8) is 0 Å². The fraction of sp³-hybridized carbons (Fsp3) is 0.458. The molecule has 7 heteroatoms. The number of hydrogen-bond acceptors (Lipinski definition) is 5. The highest BCUT2D eigenvalue weighted by Crippen LogP contribution is 2.41. The maximum Gasteiger partial charge on any atom is 0.451 e. The molecule has 2 aromatic carbocycles. The van der Waals surface area contributed by atoms with Gasteiger partial charge in [-0.2, -0.15) is 0 Å². The van der Waals surface area contributed by atoms with Crippen molar-refractivity contribution in [3.8, 4) is 0 Å². The summed E-state index contributed by atoms with van der Waals surface area (Å²) in [6.45, 7) is 1.62. The highest BCUT2D eigenvalue weighted by molar-refractivity contribution is 6.40. The van der Waals surface area contributed by atoms with Crippen molar-refractivity contribution in [2.45, 2.75) is 63.1 Å². The minimum Gasteiger partial charge on any atom is -0.480 e. The molecule has 0 unspecified atom stereocenters. The number of hydrogen-bond donors (Lipinski definition) is 4. The van der Waals surface area contributed by atoms with Crippen LogP contribution in [-0.4, -0.2) is 44.7 Å². The van der Waals surface area contributed by atoms with E-state index in [2.05, 4.69) is 29.2 Å². The number of nitrogens with zero attached hydrogens (tertiary/aromatic N) is 1. The van der Waals surface area contributed by atoms with E-state index in [1.807, 2.05) is 36.4 Å². The molecule has 0 spiro atoms. The predicted octanol–water partition coefficient (Wildman–Crippen LogP) is 2.89. The molecule has 0 aromatic heterocycles. The molecule has 3 rings (SSSR count). The molecule has 0 radical (unpaired) electrons. The van der Waals surface area contributed by atoms with Gasteiger partial charge in [0, 0.05) is 19.1 Å². The topological polar surface area (TPSA) is 107 Å². The van der Waals surface area contributed by atoms with E-state index in [-0.39, 0.29) is 18.3 Å². The third-order valence-corrected chi connectivity index (χ3v) is 6.52. The molecule has 1 aliphatic carbocycles. The molecule has 1 aliphatic rings. The zero-order valence-corrected chi connectivity index (χ0v) is 17.9. The first-order chi connectivity index (χ1) is 14.9. The summed E-state index contributed by atoms with van der Waals surface area (Å²) in [5.41, 5.74) is 7.60. The van der Waals surface area contributed by atoms with Gasteiger partial charge >= 0.3 is 13.1 Å². The van der Waals surface area contributed by atoms with Crippen LogP contribution in [0, 0.1) is 5.92 Å². The van der Waals surface area contributed by atoms with Gasteiger partial charge in [0.1, 0.15) is 5.54 Å². The predicted molar refractivity (Wildman–Crippen MR) is 122 cm³/mol. The number of unbranched alkanes of at least 4 members (excludes halogenated alkanes) is 1. The van der Waals surface area contributed by atoms with Crippen LogP contribution in [0.5, 0.6) is 0 Å². The summed E-state index contributed by atoms with van der Waals surface area (Å²) in [5, 5.41) is 27.8. The van der Waals surface area contributed by atoms with Crippen LogP contribution >= 0.6 is 0 Å². The smallest absolute Gasteiger partial charge is 0.451 e. The SMILES string of the molecule is N[C@](CCCCB(O)O)(C(=O)O)[C@H]1C[C@H](N(Cc2ccccc2)Cc2ccccc2)C1. The number of benzene rings is 2. The third kappa shape index (κ3) is 6.40. The molecular formula is C24H33BN2O4. The molecule has 0 amide bonds. The first kappa shape index (κ1) is 23.5. The standard InChI is InChI=1S/C24H33BN2O4/c26-24(23(28)29,13-7-8-14-25(30)31)21-15-22(16-21)27(17-19-9-3-1-4-10-19)18-20-11-5-2-6-12-20/h1-6,9-12,21-22,30-31H,7-8,13-18,26H2,(H,28,29)/t21-,22-,24-/m0/s1. The van der Waals surface area contributed by atoms with E-state index < -0.39 is 18.6 Å². The fourth-order valence-electron chi connectivity index (χ4n) is 4.49. The van der Waals surface area contributed by atoms with E-state index in [4.69, 9.17) is 15.8 Å². The third-order valence-electron chi connectivity index (χ3n) is 6.52. The summed E-state index contributed by atoms with van der Waals surface area (Å²) < 4.78 is 0. The lowest BCUT2D eigenvalue weighted by Crippen LogP contribution is -2.61. The monoisotopic (exact) mass is 424 g/mol.